The Kier molecular flexibility index (Phi) is 10.3. The number of ether oxygens (including phenoxy) is 2. The SMILES string of the molecule is COC(=O)C(Cc1ccc(OCCNC(=O)C(C)(C)c2ccc(F)cc2)cc1)Nc1ccccc1C(=O)c1ccccc1. The summed E-state index contributed by atoms with van der Waals surface area (Å²) in [5, 5.41) is 6.07. The molecule has 0 bridgehead atoms. The zero-order chi connectivity index (χ0) is 30.8. The third-order valence-corrected chi connectivity index (χ3v) is 7.18. The minimum absolute atomic E-state index is 0.149. The topological polar surface area (TPSA) is 93.7 Å². The molecule has 0 aliphatic carbocycles. The van der Waals surface area contributed by atoms with Gasteiger partial charge in [0.05, 0.1) is 19.1 Å². The summed E-state index contributed by atoms with van der Waals surface area (Å²) >= 11 is 0. The summed E-state index contributed by atoms with van der Waals surface area (Å²) in [5.74, 6) is -0.536. The second kappa shape index (κ2) is 14.3. The smallest absolute Gasteiger partial charge is 0.328 e. The van der Waals surface area contributed by atoms with Crippen molar-refractivity contribution in [3.05, 3.63) is 131 Å². The van der Waals surface area contributed by atoms with Crippen LogP contribution in [-0.4, -0.2) is 44.0 Å². The second-order valence-corrected chi connectivity index (χ2v) is 10.5. The average molecular weight is 583 g/mol. The van der Waals surface area contributed by atoms with Gasteiger partial charge in [0.2, 0.25) is 5.91 Å². The number of amides is 1. The first-order valence-corrected chi connectivity index (χ1v) is 14.0. The molecule has 1 atom stereocenters. The Morgan fingerprint density at radius 3 is 2.16 bits per heavy atom. The first-order chi connectivity index (χ1) is 20.7. The van der Waals surface area contributed by atoms with Crippen LogP contribution in [0.25, 0.3) is 0 Å². The van der Waals surface area contributed by atoms with E-state index in [2.05, 4.69) is 10.6 Å². The number of anilines is 1. The molecule has 43 heavy (non-hydrogen) atoms. The van der Waals surface area contributed by atoms with E-state index >= 15 is 0 Å². The van der Waals surface area contributed by atoms with Gasteiger partial charge in [0.1, 0.15) is 24.2 Å². The van der Waals surface area contributed by atoms with E-state index in [-0.39, 0.29) is 24.1 Å². The summed E-state index contributed by atoms with van der Waals surface area (Å²) < 4.78 is 24.1. The van der Waals surface area contributed by atoms with Gasteiger partial charge in [-0.25, -0.2) is 9.18 Å². The van der Waals surface area contributed by atoms with Gasteiger partial charge in [0, 0.05) is 23.2 Å². The number of methoxy groups -OCH3 is 1. The lowest BCUT2D eigenvalue weighted by molar-refractivity contribution is -0.141. The second-order valence-electron chi connectivity index (χ2n) is 10.5. The maximum Gasteiger partial charge on any atom is 0.328 e. The molecular formula is C35H35FN2O5. The van der Waals surface area contributed by atoms with Crippen molar-refractivity contribution in [2.24, 2.45) is 0 Å². The molecule has 222 valence electrons. The fraction of sp³-hybridized carbons (Fsp3) is 0.229. The number of ketones is 1. The first-order valence-electron chi connectivity index (χ1n) is 14.0. The van der Waals surface area contributed by atoms with E-state index in [9.17, 15) is 18.8 Å². The van der Waals surface area contributed by atoms with Crippen LogP contribution in [0.2, 0.25) is 0 Å². The van der Waals surface area contributed by atoms with Crippen molar-refractivity contribution in [1.82, 2.24) is 5.32 Å². The number of rotatable bonds is 13. The van der Waals surface area contributed by atoms with Crippen LogP contribution in [0.1, 0.15) is 40.9 Å². The maximum absolute atomic E-state index is 13.3. The van der Waals surface area contributed by atoms with Gasteiger partial charge in [-0.2, -0.15) is 0 Å². The lowest BCUT2D eigenvalue weighted by Crippen LogP contribution is -2.41. The molecule has 0 fully saturated rings. The average Bonchev–Trinajstić information content (AvgIpc) is 3.03. The zero-order valence-electron chi connectivity index (χ0n) is 24.4. The summed E-state index contributed by atoms with van der Waals surface area (Å²) in [6.45, 7) is 4.11. The van der Waals surface area contributed by atoms with E-state index < -0.39 is 17.4 Å². The highest BCUT2D eigenvalue weighted by Crippen LogP contribution is 2.24. The lowest BCUT2D eigenvalue weighted by atomic mass is 9.84. The van der Waals surface area contributed by atoms with E-state index in [0.29, 0.717) is 41.1 Å². The molecule has 0 saturated heterocycles. The van der Waals surface area contributed by atoms with Crippen molar-refractivity contribution in [2.45, 2.75) is 31.7 Å². The van der Waals surface area contributed by atoms with Crippen molar-refractivity contribution >= 4 is 23.3 Å². The van der Waals surface area contributed by atoms with E-state index in [1.165, 1.54) is 19.2 Å². The highest BCUT2D eigenvalue weighted by Gasteiger charge is 2.29. The highest BCUT2D eigenvalue weighted by molar-refractivity contribution is 6.12. The molecule has 0 aromatic heterocycles. The third kappa shape index (κ3) is 8.07. The Labute approximate surface area is 251 Å². The van der Waals surface area contributed by atoms with Crippen LogP contribution >= 0.6 is 0 Å². The molecule has 1 unspecified atom stereocenters. The molecule has 0 aliphatic rings. The number of nitrogens with one attached hydrogen (secondary N) is 2. The van der Waals surface area contributed by atoms with Crippen molar-refractivity contribution < 1.29 is 28.2 Å². The molecule has 0 radical (unpaired) electrons. The standard InChI is InChI=1S/C35H35FN2O5/c1-35(2,26-15-17-27(36)18-16-26)34(41)37-21-22-43-28-19-13-24(14-20-28)23-31(33(40)42-3)38-30-12-8-7-11-29(30)32(39)25-9-5-4-6-10-25/h4-20,31,38H,21-23H2,1-3H3,(H,37,41). The van der Waals surface area contributed by atoms with Crippen molar-refractivity contribution in [2.75, 3.05) is 25.6 Å². The predicted octanol–water partition coefficient (Wildman–Crippen LogP) is 5.73. The lowest BCUT2D eigenvalue weighted by Gasteiger charge is -2.24. The van der Waals surface area contributed by atoms with Gasteiger partial charge in [-0.15, -0.1) is 0 Å². The number of hydrogen-bond donors (Lipinski definition) is 2. The van der Waals surface area contributed by atoms with Crippen LogP contribution < -0.4 is 15.4 Å². The van der Waals surface area contributed by atoms with Gasteiger partial charge in [-0.3, -0.25) is 9.59 Å². The molecule has 0 spiro atoms. The molecule has 2 N–H and O–H groups in total. The number of esters is 1. The van der Waals surface area contributed by atoms with Gasteiger partial charge >= 0.3 is 5.97 Å². The summed E-state index contributed by atoms with van der Waals surface area (Å²) in [7, 11) is 1.33. The molecule has 7 nitrogen and oxygen atoms in total. The first kappa shape index (κ1) is 31.0. The Morgan fingerprint density at radius 2 is 1.49 bits per heavy atom. The predicted molar refractivity (Wildman–Crippen MR) is 164 cm³/mol. The van der Waals surface area contributed by atoms with Gasteiger partial charge in [-0.1, -0.05) is 66.7 Å². The molecule has 1 amide bonds. The minimum Gasteiger partial charge on any atom is -0.492 e. The summed E-state index contributed by atoms with van der Waals surface area (Å²) in [5.41, 5.74) is 2.30. The Hall–Kier alpha value is -4.98. The summed E-state index contributed by atoms with van der Waals surface area (Å²) in [6.07, 6.45) is 0.315. The molecule has 4 aromatic carbocycles. The van der Waals surface area contributed by atoms with Crippen molar-refractivity contribution in [1.29, 1.82) is 0 Å². The molecule has 4 rings (SSSR count). The van der Waals surface area contributed by atoms with E-state index in [1.54, 1.807) is 86.6 Å². The van der Waals surface area contributed by atoms with Gasteiger partial charge in [-0.05, 0) is 61.4 Å². The van der Waals surface area contributed by atoms with Crippen molar-refractivity contribution in [3.8, 4) is 5.75 Å². The van der Waals surface area contributed by atoms with Gasteiger partial charge in [0.25, 0.3) is 0 Å². The van der Waals surface area contributed by atoms with Gasteiger partial charge < -0.3 is 20.1 Å². The number of carbonyl (C=O) groups is 3. The molecule has 0 aliphatic heterocycles. The highest BCUT2D eigenvalue weighted by atomic mass is 19.1. The Balaban J connectivity index is 1.33. The summed E-state index contributed by atoms with van der Waals surface area (Å²) in [6, 6.07) is 28.5. The Morgan fingerprint density at radius 1 is 0.837 bits per heavy atom. The number of halogens is 1. The fourth-order valence-electron chi connectivity index (χ4n) is 4.58. The third-order valence-electron chi connectivity index (χ3n) is 7.18. The molecule has 0 heterocycles. The monoisotopic (exact) mass is 582 g/mol. The molecule has 0 saturated carbocycles. The van der Waals surface area contributed by atoms with Crippen LogP contribution in [0.3, 0.4) is 0 Å². The van der Waals surface area contributed by atoms with Crippen molar-refractivity contribution in [3.63, 3.8) is 0 Å². The largest absolute Gasteiger partial charge is 0.492 e. The van der Waals surface area contributed by atoms with Crippen LogP contribution in [-0.2, 0) is 26.2 Å². The molecular weight excluding hydrogens is 547 g/mol. The number of benzene rings is 4. The fourth-order valence-corrected chi connectivity index (χ4v) is 4.58. The summed E-state index contributed by atoms with van der Waals surface area (Å²) in [4.78, 5) is 38.6. The van der Waals surface area contributed by atoms with E-state index in [0.717, 1.165) is 5.56 Å². The van der Waals surface area contributed by atoms with Gasteiger partial charge in [0.15, 0.2) is 5.78 Å². The quantitative estimate of drug-likeness (QED) is 0.119. The van der Waals surface area contributed by atoms with Crippen LogP contribution in [0.4, 0.5) is 10.1 Å². The zero-order valence-corrected chi connectivity index (χ0v) is 24.4. The maximum atomic E-state index is 13.3. The van der Waals surface area contributed by atoms with Crippen LogP contribution in [0.15, 0.2) is 103 Å². The number of hydrogen-bond acceptors (Lipinski definition) is 6. The number of para-hydroxylation sites is 1. The molecule has 4 aromatic rings. The van der Waals surface area contributed by atoms with E-state index in [1.807, 2.05) is 18.2 Å². The van der Waals surface area contributed by atoms with Crippen LogP contribution in [0.5, 0.6) is 5.75 Å². The van der Waals surface area contributed by atoms with E-state index in [4.69, 9.17) is 9.47 Å². The van der Waals surface area contributed by atoms with Crippen LogP contribution in [0, 0.1) is 5.82 Å². The normalized spacial score (nSPS) is 11.7. The molecule has 8 heteroatoms. The number of carbonyl (C=O) groups excluding carboxylic acids is 3. The minimum atomic E-state index is -0.824. The Bertz CT molecular complexity index is 1540.